The maximum atomic E-state index is 12.2. The molecular weight excluding hydrogens is 364 g/mol. The fourth-order valence-electron chi connectivity index (χ4n) is 3.45. The Hall–Kier alpha value is -2.53. The van der Waals surface area contributed by atoms with Crippen LogP contribution < -0.4 is 10.1 Å². The van der Waals surface area contributed by atoms with Crippen LogP contribution in [-0.2, 0) is 11.3 Å². The summed E-state index contributed by atoms with van der Waals surface area (Å²) in [7, 11) is 1.68. The lowest BCUT2D eigenvalue weighted by molar-refractivity contribution is 0.0198. The van der Waals surface area contributed by atoms with Crippen molar-refractivity contribution in [3.05, 3.63) is 54.1 Å². The molecule has 5 heteroatoms. The first kappa shape index (κ1) is 21.2. The number of ether oxygens (including phenoxy) is 2. The molecule has 1 saturated heterocycles. The van der Waals surface area contributed by atoms with Gasteiger partial charge in [0, 0.05) is 25.7 Å². The summed E-state index contributed by atoms with van der Waals surface area (Å²) in [6, 6.07) is 17.2. The van der Waals surface area contributed by atoms with Crippen LogP contribution >= 0.6 is 0 Å². The van der Waals surface area contributed by atoms with E-state index in [1.165, 1.54) is 16.7 Å². The van der Waals surface area contributed by atoms with Gasteiger partial charge in [-0.25, -0.2) is 4.79 Å². The lowest BCUT2D eigenvalue weighted by Gasteiger charge is -2.33. The topological polar surface area (TPSA) is 50.8 Å². The highest BCUT2D eigenvalue weighted by molar-refractivity contribution is 5.68. The third kappa shape index (κ3) is 6.23. The molecule has 0 bridgehead atoms. The van der Waals surface area contributed by atoms with Gasteiger partial charge in [0.2, 0.25) is 0 Å². The number of hydrogen-bond acceptors (Lipinski definition) is 4. The number of rotatable bonds is 5. The highest BCUT2D eigenvalue weighted by Crippen LogP contribution is 2.23. The van der Waals surface area contributed by atoms with E-state index < -0.39 is 5.60 Å². The lowest BCUT2D eigenvalue weighted by Crippen LogP contribution is -2.46. The van der Waals surface area contributed by atoms with Gasteiger partial charge >= 0.3 is 6.09 Å². The normalized spacial score (nSPS) is 15.2. The number of amides is 1. The van der Waals surface area contributed by atoms with Crippen LogP contribution in [0.4, 0.5) is 4.79 Å². The summed E-state index contributed by atoms with van der Waals surface area (Å²) in [5.74, 6) is 0.868. The molecule has 0 unspecified atom stereocenters. The molecule has 1 aliphatic rings. The summed E-state index contributed by atoms with van der Waals surface area (Å²) in [6.45, 7) is 8.02. The second-order valence-electron chi connectivity index (χ2n) is 8.55. The van der Waals surface area contributed by atoms with Crippen molar-refractivity contribution in [2.45, 2.75) is 51.8 Å². The Labute approximate surface area is 174 Å². The van der Waals surface area contributed by atoms with Crippen molar-refractivity contribution in [3.8, 4) is 16.9 Å². The minimum Gasteiger partial charge on any atom is -0.497 e. The van der Waals surface area contributed by atoms with E-state index in [1.54, 1.807) is 7.11 Å². The van der Waals surface area contributed by atoms with Crippen LogP contribution in [0.15, 0.2) is 48.5 Å². The minimum absolute atomic E-state index is 0.204. The SMILES string of the molecule is COc1ccc(-c2ccc(CNC3CCN(C(=O)OC(C)(C)C)CC3)cc2)cc1. The molecule has 1 aliphatic heterocycles. The fourth-order valence-corrected chi connectivity index (χ4v) is 3.45. The van der Waals surface area contributed by atoms with E-state index in [1.807, 2.05) is 37.8 Å². The van der Waals surface area contributed by atoms with E-state index in [9.17, 15) is 4.79 Å². The predicted octanol–water partition coefficient (Wildman–Crippen LogP) is 4.85. The molecule has 0 spiro atoms. The summed E-state index contributed by atoms with van der Waals surface area (Å²) in [5, 5.41) is 3.62. The Bertz CT molecular complexity index is 786. The van der Waals surface area contributed by atoms with Gasteiger partial charge in [-0.15, -0.1) is 0 Å². The first-order valence-corrected chi connectivity index (χ1v) is 10.3. The Balaban J connectivity index is 1.45. The maximum Gasteiger partial charge on any atom is 0.410 e. The molecule has 1 amide bonds. The van der Waals surface area contributed by atoms with E-state index in [4.69, 9.17) is 9.47 Å². The van der Waals surface area contributed by atoms with Crippen LogP contribution in [0, 0.1) is 0 Å². The summed E-state index contributed by atoms with van der Waals surface area (Å²) in [6.07, 6.45) is 1.69. The Morgan fingerprint density at radius 2 is 1.55 bits per heavy atom. The van der Waals surface area contributed by atoms with E-state index >= 15 is 0 Å². The summed E-state index contributed by atoms with van der Waals surface area (Å²) in [5.41, 5.74) is 3.20. The molecule has 1 heterocycles. The van der Waals surface area contributed by atoms with Gasteiger partial charge < -0.3 is 19.7 Å². The molecule has 0 atom stereocenters. The lowest BCUT2D eigenvalue weighted by atomic mass is 10.0. The molecule has 156 valence electrons. The van der Waals surface area contributed by atoms with Crippen LogP contribution in [0.2, 0.25) is 0 Å². The fraction of sp³-hybridized carbons (Fsp3) is 0.458. The van der Waals surface area contributed by atoms with Gasteiger partial charge in [-0.1, -0.05) is 36.4 Å². The van der Waals surface area contributed by atoms with Crippen LogP contribution in [-0.4, -0.2) is 42.8 Å². The molecular formula is C24H32N2O3. The van der Waals surface area contributed by atoms with Crippen LogP contribution in [0.25, 0.3) is 11.1 Å². The van der Waals surface area contributed by atoms with Crippen molar-refractivity contribution in [1.82, 2.24) is 10.2 Å². The largest absolute Gasteiger partial charge is 0.497 e. The quantitative estimate of drug-likeness (QED) is 0.785. The van der Waals surface area contributed by atoms with Gasteiger partial charge in [-0.3, -0.25) is 0 Å². The number of carbonyl (C=O) groups is 1. The smallest absolute Gasteiger partial charge is 0.410 e. The second kappa shape index (κ2) is 9.31. The maximum absolute atomic E-state index is 12.2. The van der Waals surface area contributed by atoms with Crippen LogP contribution in [0.1, 0.15) is 39.2 Å². The Morgan fingerprint density at radius 1 is 1.00 bits per heavy atom. The number of piperidine rings is 1. The summed E-state index contributed by atoms with van der Waals surface area (Å²) >= 11 is 0. The molecule has 0 aromatic heterocycles. The highest BCUT2D eigenvalue weighted by atomic mass is 16.6. The van der Waals surface area contributed by atoms with Gasteiger partial charge in [0.1, 0.15) is 11.4 Å². The number of benzene rings is 2. The van der Waals surface area contributed by atoms with Gasteiger partial charge in [0.15, 0.2) is 0 Å². The second-order valence-corrected chi connectivity index (χ2v) is 8.55. The number of carbonyl (C=O) groups excluding carboxylic acids is 1. The van der Waals surface area contributed by atoms with Crippen LogP contribution in [0.3, 0.4) is 0 Å². The van der Waals surface area contributed by atoms with Crippen molar-refractivity contribution < 1.29 is 14.3 Å². The minimum atomic E-state index is -0.440. The third-order valence-corrected chi connectivity index (χ3v) is 5.12. The Kier molecular flexibility index (Phi) is 6.80. The third-order valence-electron chi connectivity index (χ3n) is 5.12. The average molecular weight is 397 g/mol. The van der Waals surface area contributed by atoms with Crippen molar-refractivity contribution in [2.24, 2.45) is 0 Å². The number of likely N-dealkylation sites (tertiary alicyclic amines) is 1. The van der Waals surface area contributed by atoms with Crippen molar-refractivity contribution in [3.63, 3.8) is 0 Å². The molecule has 2 aromatic rings. The molecule has 29 heavy (non-hydrogen) atoms. The zero-order valence-electron chi connectivity index (χ0n) is 17.9. The van der Waals surface area contributed by atoms with Crippen LogP contribution in [0.5, 0.6) is 5.75 Å². The molecule has 0 aliphatic carbocycles. The molecule has 2 aromatic carbocycles. The summed E-state index contributed by atoms with van der Waals surface area (Å²) in [4.78, 5) is 14.0. The average Bonchev–Trinajstić information content (AvgIpc) is 2.72. The van der Waals surface area contributed by atoms with Gasteiger partial charge in [0.25, 0.3) is 0 Å². The molecule has 3 rings (SSSR count). The zero-order valence-corrected chi connectivity index (χ0v) is 17.9. The van der Waals surface area contributed by atoms with Crippen molar-refractivity contribution in [2.75, 3.05) is 20.2 Å². The number of nitrogens with zero attached hydrogens (tertiary/aromatic N) is 1. The number of nitrogens with one attached hydrogen (secondary N) is 1. The van der Waals surface area contributed by atoms with E-state index in [0.29, 0.717) is 6.04 Å². The Morgan fingerprint density at radius 3 is 2.07 bits per heavy atom. The summed E-state index contributed by atoms with van der Waals surface area (Å²) < 4.78 is 10.7. The molecule has 0 saturated carbocycles. The van der Waals surface area contributed by atoms with E-state index in [2.05, 4.69) is 41.7 Å². The zero-order chi connectivity index (χ0) is 20.9. The van der Waals surface area contributed by atoms with E-state index in [-0.39, 0.29) is 6.09 Å². The number of methoxy groups -OCH3 is 1. The molecule has 1 N–H and O–H groups in total. The van der Waals surface area contributed by atoms with Crippen molar-refractivity contribution >= 4 is 6.09 Å². The van der Waals surface area contributed by atoms with Crippen molar-refractivity contribution in [1.29, 1.82) is 0 Å². The first-order valence-electron chi connectivity index (χ1n) is 10.3. The van der Waals surface area contributed by atoms with Gasteiger partial charge in [-0.05, 0) is 62.4 Å². The van der Waals surface area contributed by atoms with E-state index in [0.717, 1.165) is 38.2 Å². The molecule has 5 nitrogen and oxygen atoms in total. The predicted molar refractivity (Wildman–Crippen MR) is 116 cm³/mol. The number of hydrogen-bond donors (Lipinski definition) is 1. The molecule has 1 fully saturated rings. The monoisotopic (exact) mass is 396 g/mol. The van der Waals surface area contributed by atoms with Gasteiger partial charge in [-0.2, -0.15) is 0 Å². The van der Waals surface area contributed by atoms with Gasteiger partial charge in [0.05, 0.1) is 7.11 Å². The highest BCUT2D eigenvalue weighted by Gasteiger charge is 2.26. The standard InChI is InChI=1S/C24H32N2O3/c1-24(2,3)29-23(27)26-15-13-21(14-16-26)25-17-18-5-7-19(8-6-18)20-9-11-22(28-4)12-10-20/h5-12,21,25H,13-17H2,1-4H3. The molecule has 0 radical (unpaired) electrons. The first-order chi connectivity index (χ1) is 13.8.